The van der Waals surface area contributed by atoms with Crippen molar-refractivity contribution >= 4 is 18.2 Å². The fourth-order valence-corrected chi connectivity index (χ4v) is 4.05. The summed E-state index contributed by atoms with van der Waals surface area (Å²) in [7, 11) is 0. The van der Waals surface area contributed by atoms with Gasteiger partial charge in [-0.1, -0.05) is 25.7 Å². The third-order valence-electron chi connectivity index (χ3n) is 4.74. The van der Waals surface area contributed by atoms with Crippen molar-refractivity contribution in [1.82, 2.24) is 14.8 Å². The predicted octanol–water partition coefficient (Wildman–Crippen LogP) is 3.82. The molecule has 1 aromatic rings. The summed E-state index contributed by atoms with van der Waals surface area (Å²) in [5.74, 6) is 1.09. The molecule has 0 radical (unpaired) electrons. The van der Waals surface area contributed by atoms with Gasteiger partial charge in [-0.05, 0) is 44.8 Å². The first-order chi connectivity index (χ1) is 9.31. The molecule has 0 aromatic carbocycles. The Morgan fingerprint density at radius 3 is 2.47 bits per heavy atom. The third kappa shape index (κ3) is 2.45. The van der Waals surface area contributed by atoms with Crippen LogP contribution in [0.4, 0.5) is 5.95 Å². The number of hydrogen-bond donors (Lipinski definition) is 1. The van der Waals surface area contributed by atoms with Crippen LogP contribution in [-0.2, 0) is 0 Å². The van der Waals surface area contributed by atoms with E-state index < -0.39 is 0 Å². The van der Waals surface area contributed by atoms with Crippen molar-refractivity contribution in [3.8, 4) is 0 Å². The lowest BCUT2D eigenvalue weighted by Crippen LogP contribution is -2.35. The number of nitrogens with one attached hydrogen (secondary N) is 1. The zero-order valence-electron chi connectivity index (χ0n) is 11.8. The van der Waals surface area contributed by atoms with Crippen molar-refractivity contribution in [3.05, 3.63) is 4.77 Å². The minimum Gasteiger partial charge on any atom is -0.338 e. The lowest BCUT2D eigenvalue weighted by Gasteiger charge is -2.30. The van der Waals surface area contributed by atoms with Crippen LogP contribution >= 0.6 is 12.2 Å². The van der Waals surface area contributed by atoms with Crippen molar-refractivity contribution in [2.45, 2.75) is 70.4 Å². The summed E-state index contributed by atoms with van der Waals surface area (Å²) >= 11 is 5.47. The molecule has 5 heteroatoms. The Morgan fingerprint density at radius 2 is 1.84 bits per heavy atom. The molecule has 0 amide bonds. The normalized spacial score (nSPS) is 21.3. The molecule has 2 aliphatic carbocycles. The summed E-state index contributed by atoms with van der Waals surface area (Å²) < 4.78 is 3.10. The smallest absolute Gasteiger partial charge is 0.226 e. The average molecular weight is 280 g/mol. The van der Waals surface area contributed by atoms with Gasteiger partial charge in [-0.15, -0.1) is 5.10 Å². The van der Waals surface area contributed by atoms with E-state index in [-0.39, 0.29) is 0 Å². The maximum Gasteiger partial charge on any atom is 0.226 e. The SMILES string of the molecule is CCN(c1n[nH]c(=S)n1C1CCCC1)C1CCCC1. The monoisotopic (exact) mass is 280 g/mol. The average Bonchev–Trinajstić information content (AvgIpc) is 3.11. The van der Waals surface area contributed by atoms with Crippen LogP contribution in [0, 0.1) is 4.77 Å². The van der Waals surface area contributed by atoms with E-state index in [1.54, 1.807) is 0 Å². The second kappa shape index (κ2) is 5.65. The van der Waals surface area contributed by atoms with E-state index in [9.17, 15) is 0 Å². The van der Waals surface area contributed by atoms with Crippen LogP contribution in [0.3, 0.4) is 0 Å². The number of H-pyrrole nitrogens is 1. The first-order valence-electron chi connectivity index (χ1n) is 7.74. The lowest BCUT2D eigenvalue weighted by atomic mass is 10.2. The number of nitrogens with zero attached hydrogens (tertiary/aromatic N) is 3. The van der Waals surface area contributed by atoms with E-state index in [2.05, 4.69) is 26.6 Å². The van der Waals surface area contributed by atoms with Crippen LogP contribution in [0.1, 0.15) is 64.3 Å². The largest absolute Gasteiger partial charge is 0.338 e. The Hall–Kier alpha value is -0.840. The van der Waals surface area contributed by atoms with Crippen molar-refractivity contribution in [3.63, 3.8) is 0 Å². The van der Waals surface area contributed by atoms with E-state index in [1.165, 1.54) is 51.4 Å². The molecule has 106 valence electrons. The van der Waals surface area contributed by atoms with Gasteiger partial charge < -0.3 is 4.90 Å². The summed E-state index contributed by atoms with van der Waals surface area (Å²) in [6.45, 7) is 3.26. The molecule has 0 bridgehead atoms. The zero-order valence-corrected chi connectivity index (χ0v) is 12.6. The highest BCUT2D eigenvalue weighted by atomic mass is 32.1. The number of aromatic amines is 1. The van der Waals surface area contributed by atoms with Gasteiger partial charge in [-0.2, -0.15) is 0 Å². The maximum atomic E-state index is 5.47. The van der Waals surface area contributed by atoms with E-state index in [0.29, 0.717) is 12.1 Å². The van der Waals surface area contributed by atoms with Crippen LogP contribution in [0.15, 0.2) is 0 Å². The van der Waals surface area contributed by atoms with Crippen LogP contribution in [-0.4, -0.2) is 27.4 Å². The zero-order chi connectivity index (χ0) is 13.2. The molecule has 0 aliphatic heterocycles. The molecule has 2 aliphatic rings. The molecule has 2 saturated carbocycles. The fourth-order valence-electron chi connectivity index (χ4n) is 3.77. The number of rotatable bonds is 4. The number of aromatic nitrogens is 3. The van der Waals surface area contributed by atoms with Gasteiger partial charge in [0.15, 0.2) is 4.77 Å². The van der Waals surface area contributed by atoms with Gasteiger partial charge in [0.1, 0.15) is 0 Å². The van der Waals surface area contributed by atoms with Crippen LogP contribution in [0.5, 0.6) is 0 Å². The number of hydrogen-bond acceptors (Lipinski definition) is 3. The Kier molecular flexibility index (Phi) is 3.91. The molecule has 0 spiro atoms. The summed E-state index contributed by atoms with van der Waals surface area (Å²) in [6.07, 6.45) is 10.5. The standard InChI is InChI=1S/C14H24N4S/c1-2-17(11-7-3-4-8-11)13-15-16-14(19)18(13)12-9-5-6-10-12/h11-12H,2-10H2,1H3,(H,16,19). The Bertz CT molecular complexity index is 466. The van der Waals surface area contributed by atoms with E-state index in [1.807, 2.05) is 0 Å². The highest BCUT2D eigenvalue weighted by Gasteiger charge is 2.28. The molecular weight excluding hydrogens is 256 g/mol. The van der Waals surface area contributed by atoms with E-state index in [4.69, 9.17) is 12.2 Å². The van der Waals surface area contributed by atoms with Crippen molar-refractivity contribution in [2.24, 2.45) is 0 Å². The topological polar surface area (TPSA) is 36.9 Å². The first kappa shape index (κ1) is 13.2. The predicted molar refractivity (Wildman–Crippen MR) is 80.2 cm³/mol. The van der Waals surface area contributed by atoms with Crippen molar-refractivity contribution < 1.29 is 0 Å². The molecule has 19 heavy (non-hydrogen) atoms. The van der Waals surface area contributed by atoms with E-state index >= 15 is 0 Å². The summed E-state index contributed by atoms with van der Waals surface area (Å²) in [5, 5.41) is 7.57. The third-order valence-corrected chi connectivity index (χ3v) is 5.03. The highest BCUT2D eigenvalue weighted by molar-refractivity contribution is 7.71. The van der Waals surface area contributed by atoms with Gasteiger partial charge in [-0.25, -0.2) is 5.10 Å². The molecule has 1 heterocycles. The van der Waals surface area contributed by atoms with Crippen LogP contribution < -0.4 is 4.90 Å². The Morgan fingerprint density at radius 1 is 1.21 bits per heavy atom. The molecular formula is C14H24N4S. The maximum absolute atomic E-state index is 5.47. The molecule has 1 aromatic heterocycles. The fraction of sp³-hybridized carbons (Fsp3) is 0.857. The van der Waals surface area contributed by atoms with Crippen molar-refractivity contribution in [1.29, 1.82) is 0 Å². The minimum absolute atomic E-state index is 0.566. The Labute approximate surface area is 120 Å². The molecule has 1 N–H and O–H groups in total. The van der Waals surface area contributed by atoms with E-state index in [0.717, 1.165) is 17.3 Å². The second-order valence-electron chi connectivity index (χ2n) is 5.86. The van der Waals surface area contributed by atoms with Gasteiger partial charge >= 0.3 is 0 Å². The van der Waals surface area contributed by atoms with Gasteiger partial charge in [0.25, 0.3) is 0 Å². The molecule has 0 atom stereocenters. The van der Waals surface area contributed by atoms with Gasteiger partial charge in [-0.3, -0.25) is 4.57 Å². The van der Waals surface area contributed by atoms with Gasteiger partial charge in [0.2, 0.25) is 5.95 Å². The molecule has 2 fully saturated rings. The molecule has 3 rings (SSSR count). The molecule has 0 saturated heterocycles. The van der Waals surface area contributed by atoms with Gasteiger partial charge in [0, 0.05) is 18.6 Å². The summed E-state index contributed by atoms with van der Waals surface area (Å²) in [6, 6.07) is 1.23. The van der Waals surface area contributed by atoms with Crippen molar-refractivity contribution in [2.75, 3.05) is 11.4 Å². The highest BCUT2D eigenvalue weighted by Crippen LogP contribution is 2.34. The molecule has 4 nitrogen and oxygen atoms in total. The quantitative estimate of drug-likeness (QED) is 0.852. The summed E-state index contributed by atoms with van der Waals surface area (Å²) in [4.78, 5) is 2.47. The lowest BCUT2D eigenvalue weighted by molar-refractivity contribution is 0.493. The van der Waals surface area contributed by atoms with Crippen LogP contribution in [0.25, 0.3) is 0 Å². The second-order valence-corrected chi connectivity index (χ2v) is 6.25. The van der Waals surface area contributed by atoms with Crippen LogP contribution in [0.2, 0.25) is 0 Å². The minimum atomic E-state index is 0.566. The van der Waals surface area contributed by atoms with Gasteiger partial charge in [0.05, 0.1) is 0 Å². The molecule has 0 unspecified atom stereocenters. The summed E-state index contributed by atoms with van der Waals surface area (Å²) in [5.41, 5.74) is 0. The number of anilines is 1. The first-order valence-corrected chi connectivity index (χ1v) is 8.15. The Balaban J connectivity index is 1.92.